The van der Waals surface area contributed by atoms with E-state index >= 15 is 0 Å². The number of aromatic amines is 1. The predicted molar refractivity (Wildman–Crippen MR) is 96.1 cm³/mol. The average molecular weight is 380 g/mol. The number of nitrogens with one attached hydrogen (secondary N) is 2. The van der Waals surface area contributed by atoms with E-state index in [-0.39, 0.29) is 22.9 Å². The Hall–Kier alpha value is -2.36. The number of thiazole rings is 1. The summed E-state index contributed by atoms with van der Waals surface area (Å²) in [5.74, 6) is 1.34. The fourth-order valence-electron chi connectivity index (χ4n) is 2.19. The normalized spacial score (nSPS) is 11.6. The third-order valence-corrected chi connectivity index (χ3v) is 5.73. The number of benzene rings is 2. The molecule has 0 aliphatic carbocycles. The zero-order valence-corrected chi connectivity index (χ0v) is 14.9. The maximum absolute atomic E-state index is 12.3. The van der Waals surface area contributed by atoms with Crippen LogP contribution in [0.15, 0.2) is 52.2 Å². The molecule has 3 rings (SSSR count). The van der Waals surface area contributed by atoms with Gasteiger partial charge in [0.05, 0.1) is 22.2 Å². The Morgan fingerprint density at radius 3 is 2.56 bits per heavy atom. The van der Waals surface area contributed by atoms with E-state index in [1.54, 1.807) is 37.4 Å². The number of methoxy groups -OCH3 is 1. The number of fused-ring (bicyclic) bond motifs is 1. The smallest absolute Gasteiger partial charge is 0.305 e. The zero-order valence-electron chi connectivity index (χ0n) is 13.3. The predicted octanol–water partition coefficient (Wildman–Crippen LogP) is 1.96. The van der Waals surface area contributed by atoms with Crippen molar-refractivity contribution in [2.75, 3.05) is 20.3 Å². The van der Waals surface area contributed by atoms with Crippen LogP contribution in [0.1, 0.15) is 0 Å². The molecule has 0 atom stereocenters. The fraction of sp³-hybridized carbons (Fsp3) is 0.188. The molecule has 1 heterocycles. The van der Waals surface area contributed by atoms with Crippen molar-refractivity contribution in [1.82, 2.24) is 9.71 Å². The van der Waals surface area contributed by atoms with Crippen LogP contribution in [0.2, 0.25) is 0 Å². The first-order valence-electron chi connectivity index (χ1n) is 7.37. The van der Waals surface area contributed by atoms with Gasteiger partial charge in [-0.1, -0.05) is 11.3 Å². The molecule has 0 unspecified atom stereocenters. The third-order valence-electron chi connectivity index (χ3n) is 3.43. The lowest BCUT2D eigenvalue weighted by molar-refractivity contribution is 0.322. The Balaban J connectivity index is 1.59. The van der Waals surface area contributed by atoms with Crippen LogP contribution in [0.4, 0.5) is 0 Å². The highest BCUT2D eigenvalue weighted by Crippen LogP contribution is 2.19. The monoisotopic (exact) mass is 380 g/mol. The average Bonchev–Trinajstić information content (AvgIpc) is 2.98. The quantitative estimate of drug-likeness (QED) is 0.611. The van der Waals surface area contributed by atoms with Gasteiger partial charge in [0.25, 0.3) is 0 Å². The summed E-state index contributed by atoms with van der Waals surface area (Å²) in [6.45, 7) is 0.307. The van der Waals surface area contributed by atoms with Crippen molar-refractivity contribution >= 4 is 31.6 Å². The molecule has 2 N–H and O–H groups in total. The molecular formula is C16H16N2O5S2. The second-order valence-electron chi connectivity index (χ2n) is 5.09. The molecule has 0 spiro atoms. The van der Waals surface area contributed by atoms with E-state index in [2.05, 4.69) is 9.71 Å². The second kappa shape index (κ2) is 7.26. The van der Waals surface area contributed by atoms with Gasteiger partial charge in [-0.2, -0.15) is 0 Å². The highest BCUT2D eigenvalue weighted by molar-refractivity contribution is 7.89. The van der Waals surface area contributed by atoms with Crippen LogP contribution >= 0.6 is 11.3 Å². The van der Waals surface area contributed by atoms with E-state index in [1.807, 2.05) is 0 Å². The summed E-state index contributed by atoms with van der Waals surface area (Å²) in [7, 11) is -2.09. The minimum atomic E-state index is -3.67. The van der Waals surface area contributed by atoms with Gasteiger partial charge in [-0.15, -0.1) is 0 Å². The fourth-order valence-corrected chi connectivity index (χ4v) is 4.08. The summed E-state index contributed by atoms with van der Waals surface area (Å²) in [6, 6.07) is 11.5. The maximum atomic E-state index is 12.3. The topological polar surface area (TPSA) is 97.5 Å². The number of sulfonamides is 1. The number of hydrogen-bond donors (Lipinski definition) is 2. The Morgan fingerprint density at radius 2 is 1.84 bits per heavy atom. The molecule has 25 heavy (non-hydrogen) atoms. The molecule has 0 fully saturated rings. The Labute approximate surface area is 148 Å². The molecule has 0 saturated carbocycles. The van der Waals surface area contributed by atoms with E-state index < -0.39 is 10.0 Å². The van der Waals surface area contributed by atoms with Gasteiger partial charge < -0.3 is 14.5 Å². The maximum Gasteiger partial charge on any atom is 0.305 e. The number of H-pyrrole nitrogens is 1. The zero-order chi connectivity index (χ0) is 17.9. The Bertz CT molecular complexity index is 1020. The lowest BCUT2D eigenvalue weighted by Gasteiger charge is -2.09. The summed E-state index contributed by atoms with van der Waals surface area (Å²) < 4.78 is 38.2. The first kappa shape index (κ1) is 17.5. The van der Waals surface area contributed by atoms with Crippen LogP contribution in [-0.4, -0.2) is 33.7 Å². The van der Waals surface area contributed by atoms with E-state index in [9.17, 15) is 13.2 Å². The molecule has 132 valence electrons. The van der Waals surface area contributed by atoms with Crippen molar-refractivity contribution < 1.29 is 17.9 Å². The molecule has 2 aromatic carbocycles. The van der Waals surface area contributed by atoms with Crippen LogP contribution in [0.5, 0.6) is 11.5 Å². The molecule has 0 radical (unpaired) electrons. The van der Waals surface area contributed by atoms with Crippen molar-refractivity contribution in [2.24, 2.45) is 0 Å². The molecule has 0 aliphatic rings. The Morgan fingerprint density at radius 1 is 1.12 bits per heavy atom. The molecule has 9 heteroatoms. The standard InChI is InChI=1S/C16H16N2O5S2/c1-22-11-2-4-12(5-3-11)23-9-8-17-25(20,21)13-6-7-14-15(10-13)24-16(19)18-14/h2-7,10,17H,8-9H2,1H3,(H,18,19). The van der Waals surface area contributed by atoms with Gasteiger partial charge in [0.2, 0.25) is 10.0 Å². The molecule has 0 aliphatic heterocycles. The van der Waals surface area contributed by atoms with Crippen LogP contribution < -0.4 is 19.1 Å². The minimum absolute atomic E-state index is 0.111. The first-order valence-corrected chi connectivity index (χ1v) is 9.67. The molecule has 3 aromatic rings. The van der Waals surface area contributed by atoms with Crippen LogP contribution in [0.25, 0.3) is 10.2 Å². The van der Waals surface area contributed by atoms with Crippen molar-refractivity contribution in [3.8, 4) is 11.5 Å². The van der Waals surface area contributed by atoms with Gasteiger partial charge in [-0.25, -0.2) is 13.1 Å². The molecule has 7 nitrogen and oxygen atoms in total. The van der Waals surface area contributed by atoms with E-state index in [4.69, 9.17) is 9.47 Å². The van der Waals surface area contributed by atoms with E-state index in [0.717, 1.165) is 17.1 Å². The number of hydrogen-bond acceptors (Lipinski definition) is 6. The summed E-state index contributed by atoms with van der Waals surface area (Å²) in [5, 5.41) is 0. The minimum Gasteiger partial charge on any atom is -0.497 e. The summed E-state index contributed by atoms with van der Waals surface area (Å²) in [5.41, 5.74) is 0.622. The lowest BCUT2D eigenvalue weighted by atomic mass is 10.3. The Kier molecular flexibility index (Phi) is 5.07. The number of rotatable bonds is 7. The third kappa shape index (κ3) is 4.19. The SMILES string of the molecule is COc1ccc(OCCNS(=O)(=O)c2ccc3[nH]c(=O)sc3c2)cc1. The largest absolute Gasteiger partial charge is 0.497 e. The summed E-state index contributed by atoms with van der Waals surface area (Å²) in [4.78, 5) is 13.8. The molecule has 1 aromatic heterocycles. The highest BCUT2D eigenvalue weighted by Gasteiger charge is 2.14. The lowest BCUT2D eigenvalue weighted by Crippen LogP contribution is -2.28. The number of aromatic nitrogens is 1. The molecule has 0 bridgehead atoms. The summed E-state index contributed by atoms with van der Waals surface area (Å²) in [6.07, 6.45) is 0. The van der Waals surface area contributed by atoms with Gasteiger partial charge in [-0.05, 0) is 42.5 Å². The number of ether oxygens (including phenoxy) is 2. The van der Waals surface area contributed by atoms with Gasteiger partial charge >= 0.3 is 4.87 Å². The van der Waals surface area contributed by atoms with E-state index in [0.29, 0.717) is 16.0 Å². The van der Waals surface area contributed by atoms with Crippen LogP contribution in [0.3, 0.4) is 0 Å². The van der Waals surface area contributed by atoms with Crippen molar-refractivity contribution in [3.05, 3.63) is 52.1 Å². The van der Waals surface area contributed by atoms with Gasteiger partial charge in [0.15, 0.2) is 0 Å². The van der Waals surface area contributed by atoms with Gasteiger partial charge in [-0.3, -0.25) is 4.79 Å². The van der Waals surface area contributed by atoms with Crippen LogP contribution in [0, 0.1) is 0 Å². The second-order valence-corrected chi connectivity index (χ2v) is 7.88. The molecular weight excluding hydrogens is 364 g/mol. The highest BCUT2D eigenvalue weighted by atomic mass is 32.2. The van der Waals surface area contributed by atoms with Crippen molar-refractivity contribution in [3.63, 3.8) is 0 Å². The van der Waals surface area contributed by atoms with Gasteiger partial charge in [0.1, 0.15) is 18.1 Å². The van der Waals surface area contributed by atoms with Gasteiger partial charge in [0, 0.05) is 6.54 Å². The first-order chi connectivity index (χ1) is 12.0. The van der Waals surface area contributed by atoms with E-state index in [1.165, 1.54) is 12.1 Å². The van der Waals surface area contributed by atoms with Crippen LogP contribution in [-0.2, 0) is 10.0 Å². The molecule has 0 saturated heterocycles. The van der Waals surface area contributed by atoms with Crippen molar-refractivity contribution in [1.29, 1.82) is 0 Å². The summed E-state index contributed by atoms with van der Waals surface area (Å²) >= 11 is 0.973. The molecule has 0 amide bonds. The van der Waals surface area contributed by atoms with Crippen molar-refractivity contribution in [2.45, 2.75) is 4.90 Å².